The van der Waals surface area contributed by atoms with Crippen LogP contribution in [0.5, 0.6) is 0 Å². The molecular formula is C21H26O4. The highest BCUT2D eigenvalue weighted by atomic mass is 16.5. The van der Waals surface area contributed by atoms with E-state index in [9.17, 15) is 4.79 Å². The van der Waals surface area contributed by atoms with Crippen LogP contribution < -0.4 is 0 Å². The molecule has 1 aromatic carbocycles. The van der Waals surface area contributed by atoms with Crippen LogP contribution in [0.15, 0.2) is 54.6 Å². The van der Waals surface area contributed by atoms with Gasteiger partial charge in [0.2, 0.25) is 0 Å². The average Bonchev–Trinajstić information content (AvgIpc) is 3.21. The zero-order chi connectivity index (χ0) is 17.5. The van der Waals surface area contributed by atoms with Crippen LogP contribution >= 0.6 is 0 Å². The van der Waals surface area contributed by atoms with Gasteiger partial charge in [-0.25, -0.2) is 0 Å². The number of carboxylic acids is 1. The van der Waals surface area contributed by atoms with Crippen molar-refractivity contribution >= 4 is 5.97 Å². The molecular weight excluding hydrogens is 316 g/mol. The Kier molecular flexibility index (Phi) is 6.42. The summed E-state index contributed by atoms with van der Waals surface area (Å²) in [4.78, 5) is 10.5. The minimum absolute atomic E-state index is 0.0670. The summed E-state index contributed by atoms with van der Waals surface area (Å²) < 4.78 is 12.1. The maximum Gasteiger partial charge on any atom is 0.307 e. The largest absolute Gasteiger partial charge is 0.481 e. The third kappa shape index (κ3) is 5.03. The molecule has 2 heterocycles. The van der Waals surface area contributed by atoms with Gasteiger partial charge in [-0.05, 0) is 30.7 Å². The lowest BCUT2D eigenvalue weighted by Crippen LogP contribution is -2.30. The van der Waals surface area contributed by atoms with Crippen LogP contribution in [0, 0.1) is 11.8 Å². The van der Waals surface area contributed by atoms with E-state index in [1.54, 1.807) is 6.08 Å². The van der Waals surface area contributed by atoms with Crippen molar-refractivity contribution < 1.29 is 19.4 Å². The molecule has 4 nitrogen and oxygen atoms in total. The predicted molar refractivity (Wildman–Crippen MR) is 96.1 cm³/mol. The summed E-state index contributed by atoms with van der Waals surface area (Å²) in [5, 5.41) is 8.61. The van der Waals surface area contributed by atoms with Gasteiger partial charge in [0.05, 0.1) is 31.8 Å². The maximum absolute atomic E-state index is 10.5. The first-order valence-corrected chi connectivity index (χ1v) is 9.04. The zero-order valence-electron chi connectivity index (χ0n) is 14.4. The van der Waals surface area contributed by atoms with Gasteiger partial charge in [-0.15, -0.1) is 0 Å². The molecule has 4 heteroatoms. The molecule has 4 atom stereocenters. The molecule has 0 unspecified atom stereocenters. The van der Waals surface area contributed by atoms with Crippen molar-refractivity contribution in [1.82, 2.24) is 0 Å². The number of hydrogen-bond donors (Lipinski definition) is 1. The molecule has 1 N–H and O–H groups in total. The Bertz CT molecular complexity index is 608. The standard InChI is InChI=1S/C21H26O4/c22-21(23)11-7-2-1-6-10-17-18(20-13-12-19(17)25-20)15-24-14-16-8-4-3-5-9-16/h1-9,17-20H,10-15H2,(H,22,23)/t17-,18+,19+,20+/m0/s1. The second kappa shape index (κ2) is 8.97. The number of aliphatic carboxylic acids is 1. The number of rotatable bonds is 9. The first-order valence-electron chi connectivity index (χ1n) is 9.04. The van der Waals surface area contributed by atoms with E-state index in [0.717, 1.165) is 25.9 Å². The van der Waals surface area contributed by atoms with E-state index in [1.807, 2.05) is 30.4 Å². The summed E-state index contributed by atoms with van der Waals surface area (Å²) >= 11 is 0. The van der Waals surface area contributed by atoms with Gasteiger partial charge in [-0.1, -0.05) is 54.6 Å². The maximum atomic E-state index is 10.5. The highest BCUT2D eigenvalue weighted by Crippen LogP contribution is 2.45. The third-order valence-electron chi connectivity index (χ3n) is 5.10. The fraction of sp³-hybridized carbons (Fsp3) is 0.476. The van der Waals surface area contributed by atoms with Crippen molar-refractivity contribution in [2.24, 2.45) is 11.8 Å². The molecule has 0 radical (unpaired) electrons. The van der Waals surface area contributed by atoms with Crippen LogP contribution in [-0.4, -0.2) is 29.9 Å². The van der Waals surface area contributed by atoms with Crippen LogP contribution in [0.25, 0.3) is 0 Å². The molecule has 0 aliphatic carbocycles. The normalized spacial score (nSPS) is 28.3. The molecule has 0 amide bonds. The molecule has 0 saturated carbocycles. The highest BCUT2D eigenvalue weighted by Gasteiger charge is 2.48. The van der Waals surface area contributed by atoms with E-state index < -0.39 is 5.97 Å². The van der Waals surface area contributed by atoms with E-state index in [4.69, 9.17) is 14.6 Å². The molecule has 0 spiro atoms. The van der Waals surface area contributed by atoms with E-state index in [1.165, 1.54) is 5.56 Å². The zero-order valence-corrected chi connectivity index (χ0v) is 14.4. The minimum atomic E-state index is -0.804. The van der Waals surface area contributed by atoms with Crippen molar-refractivity contribution in [2.45, 2.75) is 44.5 Å². The quantitative estimate of drug-likeness (QED) is 0.690. The van der Waals surface area contributed by atoms with Crippen LogP contribution in [-0.2, 0) is 20.9 Å². The number of hydrogen-bond acceptors (Lipinski definition) is 3. The summed E-state index contributed by atoms with van der Waals surface area (Å²) in [5.74, 6) is 0.149. The number of carboxylic acid groups (broad SMARTS) is 1. The molecule has 2 aliphatic rings. The Labute approximate surface area is 149 Å². The van der Waals surface area contributed by atoms with Gasteiger partial charge in [0.25, 0.3) is 0 Å². The summed E-state index contributed by atoms with van der Waals surface area (Å²) in [7, 11) is 0. The van der Waals surface area contributed by atoms with Crippen molar-refractivity contribution in [3.05, 3.63) is 60.2 Å². The smallest absolute Gasteiger partial charge is 0.307 e. The van der Waals surface area contributed by atoms with E-state index in [0.29, 0.717) is 30.7 Å². The lowest BCUT2D eigenvalue weighted by Gasteiger charge is -2.27. The fourth-order valence-corrected chi connectivity index (χ4v) is 3.88. The van der Waals surface area contributed by atoms with Gasteiger partial charge < -0.3 is 14.6 Å². The first kappa shape index (κ1) is 17.9. The fourth-order valence-electron chi connectivity index (χ4n) is 3.88. The summed E-state index contributed by atoms with van der Waals surface area (Å²) in [5.41, 5.74) is 1.20. The van der Waals surface area contributed by atoms with Crippen molar-refractivity contribution in [1.29, 1.82) is 0 Å². The highest BCUT2D eigenvalue weighted by molar-refractivity contribution is 5.68. The number of allylic oxidation sites excluding steroid dienone is 3. The van der Waals surface area contributed by atoms with E-state index >= 15 is 0 Å². The second-order valence-electron chi connectivity index (χ2n) is 6.81. The number of benzene rings is 1. The Balaban J connectivity index is 1.47. The monoisotopic (exact) mass is 342 g/mol. The average molecular weight is 342 g/mol. The molecule has 25 heavy (non-hydrogen) atoms. The van der Waals surface area contributed by atoms with Gasteiger partial charge in [0.15, 0.2) is 0 Å². The SMILES string of the molecule is O=C(O)CC=CC=CC[C@H]1[C@@H](COCc2ccccc2)[C@H]2CC[C@H]1O2. The first-order chi connectivity index (χ1) is 12.2. The van der Waals surface area contributed by atoms with Crippen molar-refractivity contribution in [2.75, 3.05) is 6.61 Å². The van der Waals surface area contributed by atoms with Gasteiger partial charge in [-0.2, -0.15) is 0 Å². The summed E-state index contributed by atoms with van der Waals surface area (Å²) in [6, 6.07) is 10.2. The summed E-state index contributed by atoms with van der Waals surface area (Å²) in [6.45, 7) is 1.39. The van der Waals surface area contributed by atoms with Gasteiger partial charge in [0.1, 0.15) is 0 Å². The lowest BCUT2D eigenvalue weighted by molar-refractivity contribution is -0.136. The predicted octanol–water partition coefficient (Wildman–Crippen LogP) is 3.97. The van der Waals surface area contributed by atoms with E-state index in [2.05, 4.69) is 18.2 Å². The Morgan fingerprint density at radius 2 is 1.84 bits per heavy atom. The second-order valence-corrected chi connectivity index (χ2v) is 6.81. The van der Waals surface area contributed by atoms with Crippen LogP contribution in [0.3, 0.4) is 0 Å². The van der Waals surface area contributed by atoms with Crippen molar-refractivity contribution in [3.8, 4) is 0 Å². The van der Waals surface area contributed by atoms with Crippen LogP contribution in [0.1, 0.15) is 31.2 Å². The number of carbonyl (C=O) groups is 1. The lowest BCUT2D eigenvalue weighted by atomic mass is 9.78. The van der Waals surface area contributed by atoms with Gasteiger partial charge in [-0.3, -0.25) is 4.79 Å². The summed E-state index contributed by atoms with van der Waals surface area (Å²) in [6.07, 6.45) is 11.5. The molecule has 0 aromatic heterocycles. The number of fused-ring (bicyclic) bond motifs is 2. The third-order valence-corrected chi connectivity index (χ3v) is 5.10. The molecule has 3 rings (SSSR count). The van der Waals surface area contributed by atoms with Crippen LogP contribution in [0.4, 0.5) is 0 Å². The topological polar surface area (TPSA) is 55.8 Å². The molecule has 2 fully saturated rings. The molecule has 134 valence electrons. The molecule has 1 aromatic rings. The molecule has 2 saturated heterocycles. The van der Waals surface area contributed by atoms with Crippen LogP contribution in [0.2, 0.25) is 0 Å². The van der Waals surface area contributed by atoms with E-state index in [-0.39, 0.29) is 6.42 Å². The molecule has 2 aliphatic heterocycles. The Morgan fingerprint density at radius 3 is 2.60 bits per heavy atom. The molecule has 2 bridgehead atoms. The number of ether oxygens (including phenoxy) is 2. The van der Waals surface area contributed by atoms with Gasteiger partial charge >= 0.3 is 5.97 Å². The minimum Gasteiger partial charge on any atom is -0.481 e. The Morgan fingerprint density at radius 1 is 1.12 bits per heavy atom. The van der Waals surface area contributed by atoms with Crippen molar-refractivity contribution in [3.63, 3.8) is 0 Å². The Hall–Kier alpha value is -1.91. The van der Waals surface area contributed by atoms with Gasteiger partial charge in [0, 0.05) is 5.92 Å².